The zero-order valence-electron chi connectivity index (χ0n) is 9.11. The molecule has 1 atom stereocenters. The van der Waals surface area contributed by atoms with Gasteiger partial charge in [-0.2, -0.15) is 0 Å². The zero-order chi connectivity index (χ0) is 12.4. The van der Waals surface area contributed by atoms with Crippen LogP contribution in [0.5, 0.6) is 5.75 Å². The first-order chi connectivity index (χ1) is 8.11. The van der Waals surface area contributed by atoms with E-state index in [9.17, 15) is 4.39 Å². The van der Waals surface area contributed by atoms with Gasteiger partial charge in [0.15, 0.2) is 0 Å². The minimum atomic E-state index is -0.430. The number of nitrogens with two attached hydrogens (primary N) is 1. The molecule has 0 aliphatic rings. The van der Waals surface area contributed by atoms with Crippen LogP contribution in [0.25, 0.3) is 0 Å². The molecule has 0 fully saturated rings. The van der Waals surface area contributed by atoms with E-state index in [-0.39, 0.29) is 5.82 Å². The number of methoxy groups -OCH3 is 1. The second-order valence-corrected chi connectivity index (χ2v) is 6.35. The number of thiophene rings is 1. The molecule has 0 bridgehead atoms. The number of rotatable bonds is 3. The molecule has 2 nitrogen and oxygen atoms in total. The molecule has 1 unspecified atom stereocenters. The van der Waals surface area contributed by atoms with Crippen LogP contribution >= 0.6 is 33.9 Å². The Bertz CT molecular complexity index is 529. The molecule has 0 saturated carbocycles. The van der Waals surface area contributed by atoms with Gasteiger partial charge in [-0.05, 0) is 45.7 Å². The first-order valence-corrected chi connectivity index (χ1v) is 6.90. The number of ether oxygens (including phenoxy) is 1. The van der Waals surface area contributed by atoms with Crippen LogP contribution in [0, 0.1) is 8.70 Å². The summed E-state index contributed by atoms with van der Waals surface area (Å²) in [5.41, 5.74) is 7.46. The van der Waals surface area contributed by atoms with Crippen molar-refractivity contribution in [2.45, 2.75) is 6.04 Å². The summed E-state index contributed by atoms with van der Waals surface area (Å²) in [4.78, 5) is 0. The third-order valence-corrected chi connectivity index (χ3v) is 4.30. The van der Waals surface area contributed by atoms with E-state index >= 15 is 0 Å². The normalized spacial score (nSPS) is 12.5. The first kappa shape index (κ1) is 12.8. The quantitative estimate of drug-likeness (QED) is 0.847. The molecular weight excluding hydrogens is 352 g/mol. The maximum absolute atomic E-state index is 13.8. The molecule has 5 heteroatoms. The lowest BCUT2D eigenvalue weighted by atomic mass is 10.0. The predicted octanol–water partition coefficient (Wildman–Crippen LogP) is 3.55. The molecule has 2 aromatic rings. The molecule has 0 aliphatic heterocycles. The summed E-state index contributed by atoms with van der Waals surface area (Å²) in [6.07, 6.45) is 0. The fourth-order valence-corrected chi connectivity index (χ4v) is 2.96. The van der Waals surface area contributed by atoms with Crippen LogP contribution in [0.4, 0.5) is 4.39 Å². The Kier molecular flexibility index (Phi) is 4.01. The molecular formula is C12H11FINOS. The summed E-state index contributed by atoms with van der Waals surface area (Å²) in [6, 6.07) is 6.28. The van der Waals surface area contributed by atoms with E-state index < -0.39 is 6.04 Å². The summed E-state index contributed by atoms with van der Waals surface area (Å²) in [5.74, 6) is 0.163. The highest BCUT2D eigenvalue weighted by Crippen LogP contribution is 2.28. The van der Waals surface area contributed by atoms with Gasteiger partial charge in [-0.15, -0.1) is 11.3 Å². The van der Waals surface area contributed by atoms with E-state index in [4.69, 9.17) is 10.5 Å². The SMILES string of the molecule is COc1ccc(C(N)c2csc(I)c2)c(F)c1. The van der Waals surface area contributed by atoms with E-state index in [0.717, 1.165) is 8.45 Å². The number of halogens is 2. The summed E-state index contributed by atoms with van der Waals surface area (Å²) in [6.45, 7) is 0. The molecule has 17 heavy (non-hydrogen) atoms. The average molecular weight is 363 g/mol. The largest absolute Gasteiger partial charge is 0.497 e. The monoisotopic (exact) mass is 363 g/mol. The molecule has 0 amide bonds. The number of hydrogen-bond acceptors (Lipinski definition) is 3. The summed E-state index contributed by atoms with van der Waals surface area (Å²) >= 11 is 3.82. The Hall–Kier alpha value is -0.660. The van der Waals surface area contributed by atoms with Crippen molar-refractivity contribution in [3.05, 3.63) is 49.5 Å². The van der Waals surface area contributed by atoms with Crippen LogP contribution in [0.2, 0.25) is 0 Å². The first-order valence-electron chi connectivity index (χ1n) is 4.94. The lowest BCUT2D eigenvalue weighted by Gasteiger charge is -2.12. The fourth-order valence-electron chi connectivity index (χ4n) is 1.55. The maximum Gasteiger partial charge on any atom is 0.132 e. The Morgan fingerprint density at radius 3 is 2.71 bits per heavy atom. The average Bonchev–Trinajstić information content (AvgIpc) is 2.75. The van der Waals surface area contributed by atoms with Gasteiger partial charge in [0.1, 0.15) is 11.6 Å². The van der Waals surface area contributed by atoms with Crippen molar-refractivity contribution in [1.29, 1.82) is 0 Å². The van der Waals surface area contributed by atoms with E-state index in [1.54, 1.807) is 23.5 Å². The molecule has 0 saturated heterocycles. The minimum Gasteiger partial charge on any atom is -0.497 e. The van der Waals surface area contributed by atoms with Gasteiger partial charge in [0.25, 0.3) is 0 Å². The van der Waals surface area contributed by atoms with E-state index in [1.165, 1.54) is 13.2 Å². The lowest BCUT2D eigenvalue weighted by molar-refractivity contribution is 0.410. The van der Waals surface area contributed by atoms with Crippen LogP contribution in [0.15, 0.2) is 29.6 Å². The molecule has 1 aromatic heterocycles. The molecule has 1 aromatic carbocycles. The molecule has 2 N–H and O–H groups in total. The van der Waals surface area contributed by atoms with Crippen LogP contribution in [-0.4, -0.2) is 7.11 Å². The van der Waals surface area contributed by atoms with Gasteiger partial charge in [-0.3, -0.25) is 0 Å². The van der Waals surface area contributed by atoms with E-state index in [0.29, 0.717) is 11.3 Å². The van der Waals surface area contributed by atoms with Crippen molar-refractivity contribution in [1.82, 2.24) is 0 Å². The topological polar surface area (TPSA) is 35.2 Å². The smallest absolute Gasteiger partial charge is 0.132 e. The fraction of sp³-hybridized carbons (Fsp3) is 0.167. The lowest BCUT2D eigenvalue weighted by Crippen LogP contribution is -2.12. The van der Waals surface area contributed by atoms with Crippen LogP contribution in [0.3, 0.4) is 0 Å². The molecule has 90 valence electrons. The Balaban J connectivity index is 2.34. The van der Waals surface area contributed by atoms with Crippen molar-refractivity contribution in [2.75, 3.05) is 7.11 Å². The van der Waals surface area contributed by atoms with E-state index in [1.807, 2.05) is 11.4 Å². The van der Waals surface area contributed by atoms with Gasteiger partial charge < -0.3 is 10.5 Å². The minimum absolute atomic E-state index is 0.335. The second-order valence-electron chi connectivity index (χ2n) is 3.55. The Labute approximate surface area is 117 Å². The van der Waals surface area contributed by atoms with Crippen molar-refractivity contribution < 1.29 is 9.13 Å². The van der Waals surface area contributed by atoms with Crippen molar-refractivity contribution in [2.24, 2.45) is 5.73 Å². The molecule has 1 heterocycles. The predicted molar refractivity (Wildman–Crippen MR) is 76.0 cm³/mol. The maximum atomic E-state index is 13.8. The van der Waals surface area contributed by atoms with Gasteiger partial charge in [-0.1, -0.05) is 6.07 Å². The van der Waals surface area contributed by atoms with E-state index in [2.05, 4.69) is 22.6 Å². The number of hydrogen-bond donors (Lipinski definition) is 1. The van der Waals surface area contributed by atoms with Gasteiger partial charge in [-0.25, -0.2) is 4.39 Å². The van der Waals surface area contributed by atoms with Gasteiger partial charge in [0.05, 0.1) is 16.0 Å². The van der Waals surface area contributed by atoms with Gasteiger partial charge in [0.2, 0.25) is 0 Å². The third-order valence-electron chi connectivity index (χ3n) is 2.49. The highest BCUT2D eigenvalue weighted by atomic mass is 127. The second kappa shape index (κ2) is 5.32. The zero-order valence-corrected chi connectivity index (χ0v) is 12.1. The van der Waals surface area contributed by atoms with Crippen molar-refractivity contribution >= 4 is 33.9 Å². The Morgan fingerprint density at radius 2 is 2.18 bits per heavy atom. The van der Waals surface area contributed by atoms with Gasteiger partial charge >= 0.3 is 0 Å². The van der Waals surface area contributed by atoms with Gasteiger partial charge in [0, 0.05) is 11.6 Å². The van der Waals surface area contributed by atoms with Crippen molar-refractivity contribution in [3.8, 4) is 5.75 Å². The molecule has 0 spiro atoms. The van der Waals surface area contributed by atoms with Crippen LogP contribution < -0.4 is 10.5 Å². The third kappa shape index (κ3) is 2.78. The molecule has 2 rings (SSSR count). The highest BCUT2D eigenvalue weighted by molar-refractivity contribution is 14.1. The number of benzene rings is 1. The summed E-state index contributed by atoms with van der Waals surface area (Å²) in [7, 11) is 1.51. The van der Waals surface area contributed by atoms with Crippen molar-refractivity contribution in [3.63, 3.8) is 0 Å². The standard InChI is InChI=1S/C12H11FINOS/c1-16-8-2-3-9(10(13)5-8)12(15)7-4-11(14)17-6-7/h2-6,12H,15H2,1H3. The van der Waals surface area contributed by atoms with Crippen LogP contribution in [-0.2, 0) is 0 Å². The summed E-state index contributed by atoms with van der Waals surface area (Å²) in [5, 5.41) is 1.95. The highest BCUT2D eigenvalue weighted by Gasteiger charge is 2.15. The Morgan fingerprint density at radius 1 is 1.41 bits per heavy atom. The van der Waals surface area contributed by atoms with Crippen LogP contribution in [0.1, 0.15) is 17.2 Å². The molecule has 0 radical (unpaired) electrons. The molecule has 0 aliphatic carbocycles. The summed E-state index contributed by atoms with van der Waals surface area (Å²) < 4.78 is 19.9.